The second-order valence-electron chi connectivity index (χ2n) is 3.50. The minimum absolute atomic E-state index is 0.0167. The van der Waals surface area contributed by atoms with Gasteiger partial charge >= 0.3 is 5.97 Å². The van der Waals surface area contributed by atoms with Crippen LogP contribution in [0.3, 0.4) is 0 Å². The van der Waals surface area contributed by atoms with E-state index in [4.69, 9.17) is 5.73 Å². The summed E-state index contributed by atoms with van der Waals surface area (Å²) in [6.07, 6.45) is 0. The molecule has 0 spiro atoms. The maximum absolute atomic E-state index is 11.4. The number of hydrogen-bond donors (Lipinski definition) is 2. The predicted molar refractivity (Wildman–Crippen MR) is 62.5 cm³/mol. The molecule has 2 aromatic rings. The minimum Gasteiger partial charge on any atom is -0.464 e. The summed E-state index contributed by atoms with van der Waals surface area (Å²) in [5.74, 6) is 0.317. The van der Waals surface area contributed by atoms with E-state index >= 15 is 0 Å². The smallest absolute Gasteiger partial charge is 0.360 e. The number of nitrogens with one attached hydrogen (secondary N) is 1. The number of aromatic nitrogens is 4. The van der Waals surface area contributed by atoms with Crippen LogP contribution in [0.5, 0.6) is 0 Å². The first-order valence-electron chi connectivity index (χ1n) is 5.04. The van der Waals surface area contributed by atoms with Gasteiger partial charge in [0, 0.05) is 6.07 Å². The Bertz CT molecular complexity index is 638. The highest BCUT2D eigenvalue weighted by molar-refractivity contribution is 5.92. The second-order valence-corrected chi connectivity index (χ2v) is 3.50. The maximum atomic E-state index is 11.4. The molecule has 0 atom stereocenters. The van der Waals surface area contributed by atoms with Crippen LogP contribution in [0.4, 0.5) is 5.82 Å². The quantitative estimate of drug-likeness (QED) is 0.701. The zero-order chi connectivity index (χ0) is 13.3. The fourth-order valence-corrected chi connectivity index (χ4v) is 1.55. The summed E-state index contributed by atoms with van der Waals surface area (Å²) in [6, 6.07) is 2.78. The maximum Gasteiger partial charge on any atom is 0.360 e. The highest BCUT2D eigenvalue weighted by atomic mass is 16.5. The van der Waals surface area contributed by atoms with Crippen molar-refractivity contribution in [1.29, 1.82) is 0 Å². The number of nitrogens with zero attached hydrogens (tertiary/aromatic N) is 3. The first-order chi connectivity index (χ1) is 8.54. The lowest BCUT2D eigenvalue weighted by molar-refractivity contribution is 0.0596. The van der Waals surface area contributed by atoms with Gasteiger partial charge in [0.15, 0.2) is 11.5 Å². The molecular formula is C10H11N5O3. The Balaban J connectivity index is 2.58. The average molecular weight is 249 g/mol. The molecule has 0 amide bonds. The third-order valence-electron chi connectivity index (χ3n) is 2.35. The lowest BCUT2D eigenvalue weighted by atomic mass is 10.4. The van der Waals surface area contributed by atoms with E-state index < -0.39 is 5.97 Å². The van der Waals surface area contributed by atoms with Crippen molar-refractivity contribution in [3.63, 3.8) is 0 Å². The van der Waals surface area contributed by atoms with Crippen molar-refractivity contribution in [2.45, 2.75) is 6.92 Å². The second kappa shape index (κ2) is 4.32. The van der Waals surface area contributed by atoms with E-state index in [-0.39, 0.29) is 17.1 Å². The van der Waals surface area contributed by atoms with Gasteiger partial charge < -0.3 is 10.5 Å². The molecule has 3 N–H and O–H groups in total. The lowest BCUT2D eigenvalue weighted by Crippen LogP contribution is -2.12. The van der Waals surface area contributed by atoms with Crippen LogP contribution < -0.4 is 11.3 Å². The summed E-state index contributed by atoms with van der Waals surface area (Å²) in [4.78, 5) is 26.4. The number of carbonyl (C=O) groups excluding carboxylic acids is 1. The van der Waals surface area contributed by atoms with E-state index in [2.05, 4.69) is 19.9 Å². The first-order valence-corrected chi connectivity index (χ1v) is 5.04. The summed E-state index contributed by atoms with van der Waals surface area (Å²) < 4.78 is 6.01. The Labute approximate surface area is 101 Å². The van der Waals surface area contributed by atoms with Crippen molar-refractivity contribution in [1.82, 2.24) is 19.7 Å². The van der Waals surface area contributed by atoms with Gasteiger partial charge in [-0.1, -0.05) is 0 Å². The van der Waals surface area contributed by atoms with Crippen LogP contribution in [0.2, 0.25) is 0 Å². The van der Waals surface area contributed by atoms with Crippen LogP contribution >= 0.6 is 0 Å². The number of aryl methyl sites for hydroxylation is 1. The van der Waals surface area contributed by atoms with Crippen molar-refractivity contribution in [2.24, 2.45) is 0 Å². The number of nitrogens with two attached hydrogens (primary N) is 1. The zero-order valence-corrected chi connectivity index (χ0v) is 9.80. The molecule has 0 saturated heterocycles. The van der Waals surface area contributed by atoms with E-state index in [9.17, 15) is 9.59 Å². The summed E-state index contributed by atoms with van der Waals surface area (Å²) in [7, 11) is 1.24. The third-order valence-corrected chi connectivity index (χ3v) is 2.35. The standard InChI is InChI=1S/C10H11N5O3/c1-5-12-8(10(17)18-2)9(11)15(5)6-3-4-7(16)14-13-6/h3-4H,11H2,1-2H3,(H,14,16). The highest BCUT2D eigenvalue weighted by Crippen LogP contribution is 2.18. The van der Waals surface area contributed by atoms with E-state index in [0.29, 0.717) is 11.6 Å². The van der Waals surface area contributed by atoms with Gasteiger partial charge in [-0.2, -0.15) is 5.10 Å². The number of ether oxygens (including phenoxy) is 1. The molecule has 8 heteroatoms. The molecule has 2 heterocycles. The molecule has 94 valence electrons. The minimum atomic E-state index is -0.626. The molecule has 0 bridgehead atoms. The third kappa shape index (κ3) is 1.83. The van der Waals surface area contributed by atoms with Gasteiger partial charge in [-0.15, -0.1) is 0 Å². The van der Waals surface area contributed by atoms with Gasteiger partial charge in [-0.3, -0.25) is 9.36 Å². The summed E-state index contributed by atoms with van der Waals surface area (Å²) in [5.41, 5.74) is 5.50. The summed E-state index contributed by atoms with van der Waals surface area (Å²) >= 11 is 0. The molecule has 2 rings (SSSR count). The van der Waals surface area contributed by atoms with Crippen molar-refractivity contribution >= 4 is 11.8 Å². The Morgan fingerprint density at radius 1 is 1.50 bits per heavy atom. The van der Waals surface area contributed by atoms with Crippen LogP contribution in [-0.4, -0.2) is 32.8 Å². The van der Waals surface area contributed by atoms with Gasteiger partial charge in [0.05, 0.1) is 7.11 Å². The number of imidazole rings is 1. The molecule has 0 unspecified atom stereocenters. The number of esters is 1. The normalized spacial score (nSPS) is 10.3. The number of rotatable bonds is 2. The number of carbonyl (C=O) groups is 1. The van der Waals surface area contributed by atoms with Crippen LogP contribution in [0.15, 0.2) is 16.9 Å². The van der Waals surface area contributed by atoms with Crippen molar-refractivity contribution in [2.75, 3.05) is 12.8 Å². The molecule has 0 aliphatic carbocycles. The van der Waals surface area contributed by atoms with Crippen molar-refractivity contribution in [3.8, 4) is 5.82 Å². The summed E-state index contributed by atoms with van der Waals surface area (Å²) in [6.45, 7) is 1.66. The van der Waals surface area contributed by atoms with Gasteiger partial charge in [-0.25, -0.2) is 14.9 Å². The Kier molecular flexibility index (Phi) is 2.84. The molecule has 0 aromatic carbocycles. The molecule has 0 aliphatic heterocycles. The zero-order valence-electron chi connectivity index (χ0n) is 9.80. The molecule has 0 saturated carbocycles. The SMILES string of the molecule is COC(=O)c1nc(C)n(-c2ccc(=O)[nH]n2)c1N. The first kappa shape index (κ1) is 11.8. The lowest BCUT2D eigenvalue weighted by Gasteiger charge is -2.05. The van der Waals surface area contributed by atoms with Crippen LogP contribution in [0, 0.1) is 6.92 Å². The van der Waals surface area contributed by atoms with Gasteiger partial charge in [-0.05, 0) is 13.0 Å². The number of nitrogen functional groups attached to an aromatic ring is 1. The average Bonchev–Trinajstić information content (AvgIpc) is 2.65. The Hall–Kier alpha value is -2.64. The van der Waals surface area contributed by atoms with E-state index in [1.54, 1.807) is 6.92 Å². The fraction of sp³-hybridized carbons (Fsp3) is 0.200. The molecular weight excluding hydrogens is 238 g/mol. The number of H-pyrrole nitrogens is 1. The molecule has 8 nitrogen and oxygen atoms in total. The molecule has 18 heavy (non-hydrogen) atoms. The number of hydrogen-bond acceptors (Lipinski definition) is 6. The largest absolute Gasteiger partial charge is 0.464 e. The predicted octanol–water partition coefficient (Wildman–Crippen LogP) is -0.367. The topological polar surface area (TPSA) is 116 Å². The number of anilines is 1. The van der Waals surface area contributed by atoms with Gasteiger partial charge in [0.25, 0.3) is 5.56 Å². The van der Waals surface area contributed by atoms with Crippen molar-refractivity contribution < 1.29 is 9.53 Å². The number of aromatic amines is 1. The van der Waals surface area contributed by atoms with Crippen LogP contribution in [0.1, 0.15) is 16.3 Å². The van der Waals surface area contributed by atoms with Gasteiger partial charge in [0.1, 0.15) is 11.6 Å². The van der Waals surface area contributed by atoms with Crippen LogP contribution in [0.25, 0.3) is 5.82 Å². The van der Waals surface area contributed by atoms with Crippen LogP contribution in [-0.2, 0) is 4.74 Å². The van der Waals surface area contributed by atoms with E-state index in [1.807, 2.05) is 0 Å². The van der Waals surface area contributed by atoms with Gasteiger partial charge in [0.2, 0.25) is 0 Å². The Morgan fingerprint density at radius 3 is 2.78 bits per heavy atom. The molecule has 0 radical (unpaired) electrons. The monoisotopic (exact) mass is 249 g/mol. The number of methoxy groups -OCH3 is 1. The molecule has 0 fully saturated rings. The van der Waals surface area contributed by atoms with E-state index in [0.717, 1.165) is 0 Å². The summed E-state index contributed by atoms with van der Waals surface area (Å²) in [5, 5.41) is 6.10. The molecule has 2 aromatic heterocycles. The fourth-order valence-electron chi connectivity index (χ4n) is 1.55. The van der Waals surface area contributed by atoms with Crippen molar-refractivity contribution in [3.05, 3.63) is 34.0 Å². The molecule has 0 aliphatic rings. The van der Waals surface area contributed by atoms with E-state index in [1.165, 1.54) is 23.8 Å². The Morgan fingerprint density at radius 2 is 2.22 bits per heavy atom. The highest BCUT2D eigenvalue weighted by Gasteiger charge is 2.20.